The van der Waals surface area contributed by atoms with Crippen molar-refractivity contribution in [3.8, 4) is 0 Å². The highest BCUT2D eigenvalue weighted by atomic mass is 16.5. The van der Waals surface area contributed by atoms with Crippen LogP contribution in [0.1, 0.15) is 12.8 Å². The van der Waals surface area contributed by atoms with Crippen LogP contribution in [0.15, 0.2) is 42.0 Å². The molecule has 2 aliphatic rings. The first-order valence-corrected chi connectivity index (χ1v) is 7.21. The molecule has 3 nitrogen and oxygen atoms in total. The number of rotatable bonds is 4. The molecule has 0 amide bonds. The topological polar surface area (TPSA) is 24.5 Å². The summed E-state index contributed by atoms with van der Waals surface area (Å²) in [6.45, 7) is 4.93. The van der Waals surface area contributed by atoms with Crippen LogP contribution < -0.4 is 10.2 Å². The van der Waals surface area contributed by atoms with E-state index in [0.29, 0.717) is 6.04 Å². The van der Waals surface area contributed by atoms with Crippen LogP contribution >= 0.6 is 0 Å². The Morgan fingerprint density at radius 1 is 1.26 bits per heavy atom. The van der Waals surface area contributed by atoms with Crippen molar-refractivity contribution in [2.24, 2.45) is 0 Å². The average molecular weight is 258 g/mol. The molecule has 0 unspecified atom stereocenters. The molecular weight excluding hydrogens is 236 g/mol. The van der Waals surface area contributed by atoms with Crippen LogP contribution in [-0.4, -0.2) is 38.9 Å². The van der Waals surface area contributed by atoms with E-state index in [1.807, 2.05) is 0 Å². The van der Waals surface area contributed by atoms with Crippen molar-refractivity contribution in [2.75, 3.05) is 37.7 Å². The van der Waals surface area contributed by atoms with E-state index in [-0.39, 0.29) is 0 Å². The molecule has 0 bridgehead atoms. The normalized spacial score (nSPS) is 23.5. The van der Waals surface area contributed by atoms with Crippen LogP contribution in [0.3, 0.4) is 0 Å². The summed E-state index contributed by atoms with van der Waals surface area (Å²) < 4.78 is 5.47. The summed E-state index contributed by atoms with van der Waals surface area (Å²) in [5.41, 5.74) is 2.75. The number of hydrogen-bond acceptors (Lipinski definition) is 3. The van der Waals surface area contributed by atoms with Crippen molar-refractivity contribution < 1.29 is 4.74 Å². The maximum atomic E-state index is 5.47. The molecule has 1 aromatic rings. The molecule has 1 atom stereocenters. The molecule has 1 saturated heterocycles. The first-order valence-electron chi connectivity index (χ1n) is 7.21. The summed E-state index contributed by atoms with van der Waals surface area (Å²) >= 11 is 0. The Balaban J connectivity index is 1.48. The zero-order valence-electron chi connectivity index (χ0n) is 11.3. The Hall–Kier alpha value is -1.32. The van der Waals surface area contributed by atoms with Crippen molar-refractivity contribution in [1.82, 2.24) is 5.32 Å². The molecule has 1 fully saturated rings. The molecule has 0 aromatic heterocycles. The Bertz CT molecular complexity index is 430. The fraction of sp³-hybridized carbons (Fsp3) is 0.500. The van der Waals surface area contributed by atoms with Crippen molar-refractivity contribution >= 4 is 5.69 Å². The number of anilines is 1. The third-order valence-corrected chi connectivity index (χ3v) is 3.91. The first-order chi connectivity index (χ1) is 9.42. The van der Waals surface area contributed by atoms with Gasteiger partial charge in [-0.25, -0.2) is 0 Å². The van der Waals surface area contributed by atoms with E-state index in [4.69, 9.17) is 4.74 Å². The molecule has 2 heterocycles. The zero-order chi connectivity index (χ0) is 12.9. The van der Waals surface area contributed by atoms with Gasteiger partial charge in [-0.15, -0.1) is 0 Å². The summed E-state index contributed by atoms with van der Waals surface area (Å²) in [6, 6.07) is 11.3. The van der Waals surface area contributed by atoms with E-state index in [0.717, 1.165) is 39.3 Å². The van der Waals surface area contributed by atoms with Gasteiger partial charge in [-0.3, -0.25) is 0 Å². The second-order valence-electron chi connectivity index (χ2n) is 5.35. The van der Waals surface area contributed by atoms with Gasteiger partial charge in [0.05, 0.1) is 13.2 Å². The van der Waals surface area contributed by atoms with E-state index in [9.17, 15) is 0 Å². The van der Waals surface area contributed by atoms with Gasteiger partial charge >= 0.3 is 0 Å². The van der Waals surface area contributed by atoms with Crippen LogP contribution in [0.25, 0.3) is 0 Å². The Kier molecular flexibility index (Phi) is 4.16. The largest absolute Gasteiger partial charge is 0.377 e. The lowest BCUT2D eigenvalue weighted by molar-refractivity contribution is 0.148. The molecule has 19 heavy (non-hydrogen) atoms. The lowest BCUT2D eigenvalue weighted by Gasteiger charge is -2.20. The van der Waals surface area contributed by atoms with E-state index in [1.54, 1.807) is 0 Å². The fourth-order valence-corrected chi connectivity index (χ4v) is 2.81. The standard InChI is InChI=1S/C16H22N2O/c1-2-6-16(7-3-1)18-9-8-15(12-18)17-11-14-5-4-10-19-13-14/h1-3,5-7,15,17H,4,8-13H2/t15-/m1/s1. The molecule has 0 saturated carbocycles. The summed E-state index contributed by atoms with van der Waals surface area (Å²) in [4.78, 5) is 2.46. The van der Waals surface area contributed by atoms with Crippen LogP contribution in [0, 0.1) is 0 Å². The second kappa shape index (κ2) is 6.22. The smallest absolute Gasteiger partial charge is 0.0689 e. The predicted octanol–water partition coefficient (Wildman–Crippen LogP) is 2.20. The van der Waals surface area contributed by atoms with Crippen molar-refractivity contribution in [3.63, 3.8) is 0 Å². The van der Waals surface area contributed by atoms with Crippen LogP contribution in [-0.2, 0) is 4.74 Å². The third kappa shape index (κ3) is 3.37. The molecular formula is C16H22N2O. The summed E-state index contributed by atoms with van der Waals surface area (Å²) in [7, 11) is 0. The average Bonchev–Trinajstić information content (AvgIpc) is 2.96. The van der Waals surface area contributed by atoms with Gasteiger partial charge in [0, 0.05) is 31.4 Å². The fourth-order valence-electron chi connectivity index (χ4n) is 2.81. The lowest BCUT2D eigenvalue weighted by atomic mass is 10.2. The number of benzene rings is 1. The highest BCUT2D eigenvalue weighted by Crippen LogP contribution is 2.19. The SMILES string of the molecule is C1=C(CN[C@@H]2CCN(c3ccccc3)C2)COCC1. The summed E-state index contributed by atoms with van der Waals surface area (Å²) in [6.07, 6.45) is 4.61. The highest BCUT2D eigenvalue weighted by Gasteiger charge is 2.22. The summed E-state index contributed by atoms with van der Waals surface area (Å²) in [5.74, 6) is 0. The van der Waals surface area contributed by atoms with Gasteiger partial charge in [-0.05, 0) is 30.5 Å². The van der Waals surface area contributed by atoms with Crippen LogP contribution in [0.5, 0.6) is 0 Å². The molecule has 102 valence electrons. The minimum absolute atomic E-state index is 0.600. The maximum absolute atomic E-state index is 5.47. The minimum Gasteiger partial charge on any atom is -0.377 e. The number of para-hydroxylation sites is 1. The minimum atomic E-state index is 0.600. The Labute approximate surface area is 115 Å². The van der Waals surface area contributed by atoms with E-state index in [2.05, 4.69) is 46.6 Å². The summed E-state index contributed by atoms with van der Waals surface area (Å²) in [5, 5.41) is 3.66. The quantitative estimate of drug-likeness (QED) is 0.838. The molecule has 1 aromatic carbocycles. The lowest BCUT2D eigenvalue weighted by Crippen LogP contribution is -2.34. The monoisotopic (exact) mass is 258 g/mol. The van der Waals surface area contributed by atoms with Gasteiger partial charge in [-0.2, -0.15) is 0 Å². The van der Waals surface area contributed by atoms with Crippen molar-refractivity contribution in [2.45, 2.75) is 18.9 Å². The third-order valence-electron chi connectivity index (χ3n) is 3.91. The van der Waals surface area contributed by atoms with E-state index < -0.39 is 0 Å². The van der Waals surface area contributed by atoms with E-state index in [1.165, 1.54) is 17.7 Å². The molecule has 1 N–H and O–H groups in total. The maximum Gasteiger partial charge on any atom is 0.0689 e. The van der Waals surface area contributed by atoms with Gasteiger partial charge in [0.1, 0.15) is 0 Å². The highest BCUT2D eigenvalue weighted by molar-refractivity contribution is 5.47. The predicted molar refractivity (Wildman–Crippen MR) is 78.6 cm³/mol. The van der Waals surface area contributed by atoms with Gasteiger partial charge in [0.15, 0.2) is 0 Å². The Morgan fingerprint density at radius 2 is 2.16 bits per heavy atom. The molecule has 2 aliphatic heterocycles. The Morgan fingerprint density at radius 3 is 2.95 bits per heavy atom. The molecule has 0 spiro atoms. The number of nitrogens with one attached hydrogen (secondary N) is 1. The van der Waals surface area contributed by atoms with Crippen LogP contribution in [0.4, 0.5) is 5.69 Å². The molecule has 0 radical (unpaired) electrons. The number of ether oxygens (including phenoxy) is 1. The van der Waals surface area contributed by atoms with Gasteiger partial charge in [0.2, 0.25) is 0 Å². The molecule has 3 heteroatoms. The molecule has 0 aliphatic carbocycles. The second-order valence-corrected chi connectivity index (χ2v) is 5.35. The van der Waals surface area contributed by atoms with Gasteiger partial charge in [-0.1, -0.05) is 24.3 Å². The van der Waals surface area contributed by atoms with Crippen LogP contribution in [0.2, 0.25) is 0 Å². The zero-order valence-corrected chi connectivity index (χ0v) is 11.3. The van der Waals surface area contributed by atoms with E-state index >= 15 is 0 Å². The number of hydrogen-bond donors (Lipinski definition) is 1. The first kappa shape index (κ1) is 12.7. The van der Waals surface area contributed by atoms with Crippen molar-refractivity contribution in [1.29, 1.82) is 0 Å². The van der Waals surface area contributed by atoms with Gasteiger partial charge in [0.25, 0.3) is 0 Å². The number of nitrogens with zero attached hydrogens (tertiary/aromatic N) is 1. The molecule has 3 rings (SSSR count). The van der Waals surface area contributed by atoms with Crippen molar-refractivity contribution in [3.05, 3.63) is 42.0 Å². The van der Waals surface area contributed by atoms with Gasteiger partial charge < -0.3 is 15.0 Å².